The van der Waals surface area contributed by atoms with Gasteiger partial charge in [-0.1, -0.05) is 12.1 Å². The van der Waals surface area contributed by atoms with Gasteiger partial charge in [-0.3, -0.25) is 9.59 Å². The minimum absolute atomic E-state index is 0.0212. The topological polar surface area (TPSA) is 62.3 Å². The average molecular weight is 341 g/mol. The van der Waals surface area contributed by atoms with Crippen LogP contribution in [0.5, 0.6) is 0 Å². The van der Waals surface area contributed by atoms with Gasteiger partial charge in [0.15, 0.2) is 0 Å². The van der Waals surface area contributed by atoms with E-state index >= 15 is 0 Å². The Bertz CT molecular complexity index is 792. The summed E-state index contributed by atoms with van der Waals surface area (Å²) in [5, 5.41) is 2.84. The summed E-state index contributed by atoms with van der Waals surface area (Å²) in [6, 6.07) is 9.16. The quantitative estimate of drug-likeness (QED) is 0.933. The van der Waals surface area contributed by atoms with E-state index in [1.165, 1.54) is 12.1 Å². The number of aryl methyl sites for hydroxylation is 1. The Kier molecular flexibility index (Phi) is 4.79. The number of amides is 2. The molecule has 1 aromatic carbocycles. The number of rotatable bonds is 3. The van der Waals surface area contributed by atoms with E-state index in [2.05, 4.69) is 10.3 Å². The van der Waals surface area contributed by atoms with Crippen LogP contribution in [-0.4, -0.2) is 28.7 Å². The predicted molar refractivity (Wildman–Crippen MR) is 92.2 cm³/mol. The third-order valence-electron chi connectivity index (χ3n) is 4.58. The van der Waals surface area contributed by atoms with Crippen LogP contribution in [0, 0.1) is 18.7 Å². The van der Waals surface area contributed by atoms with Crippen LogP contribution in [-0.2, 0) is 9.59 Å². The van der Waals surface area contributed by atoms with Gasteiger partial charge in [0.05, 0.1) is 12.0 Å². The highest BCUT2D eigenvalue weighted by atomic mass is 19.1. The van der Waals surface area contributed by atoms with Gasteiger partial charge in [-0.25, -0.2) is 9.37 Å². The van der Waals surface area contributed by atoms with E-state index in [0.717, 1.165) is 11.1 Å². The molecule has 0 saturated carbocycles. The fourth-order valence-electron chi connectivity index (χ4n) is 3.25. The van der Waals surface area contributed by atoms with E-state index in [4.69, 9.17) is 0 Å². The Morgan fingerprint density at radius 2 is 2.00 bits per heavy atom. The Morgan fingerprint density at radius 3 is 2.68 bits per heavy atom. The van der Waals surface area contributed by atoms with E-state index in [1.807, 2.05) is 13.0 Å². The standard InChI is InChI=1S/C19H20FN3O2/c1-12-9-10-21-16(11-12)22-19(25)15-7-8-17(24)23(2)18(15)13-3-5-14(20)6-4-13/h3-6,9-11,15,18H,7-8H2,1-2H3,(H,21,22,25)/t15-,18-/m0/s1. The number of benzene rings is 1. The molecule has 2 atom stereocenters. The summed E-state index contributed by atoms with van der Waals surface area (Å²) in [7, 11) is 1.68. The molecule has 1 N–H and O–H groups in total. The zero-order valence-corrected chi connectivity index (χ0v) is 14.2. The molecular formula is C19H20FN3O2. The minimum atomic E-state index is -0.424. The normalized spacial score (nSPS) is 20.4. The Morgan fingerprint density at radius 1 is 1.28 bits per heavy atom. The Labute approximate surface area is 145 Å². The SMILES string of the molecule is Cc1ccnc(NC(=O)[C@H]2CCC(=O)N(C)[C@H]2c2ccc(F)cc2)c1. The number of hydrogen-bond donors (Lipinski definition) is 1. The summed E-state index contributed by atoms with van der Waals surface area (Å²) in [5.74, 6) is -0.491. The molecule has 2 aromatic rings. The predicted octanol–water partition coefficient (Wildman–Crippen LogP) is 3.08. The fraction of sp³-hybridized carbons (Fsp3) is 0.316. The lowest BCUT2D eigenvalue weighted by molar-refractivity contribution is -0.140. The van der Waals surface area contributed by atoms with Crippen molar-refractivity contribution >= 4 is 17.6 Å². The van der Waals surface area contributed by atoms with E-state index in [1.54, 1.807) is 36.3 Å². The molecule has 1 aliphatic rings. The number of halogens is 1. The summed E-state index contributed by atoms with van der Waals surface area (Å²) in [6.07, 6.45) is 2.40. The highest BCUT2D eigenvalue weighted by molar-refractivity contribution is 5.94. The maximum atomic E-state index is 13.2. The first kappa shape index (κ1) is 17.1. The summed E-state index contributed by atoms with van der Waals surface area (Å²) < 4.78 is 13.2. The van der Waals surface area contributed by atoms with Gasteiger partial charge >= 0.3 is 0 Å². The lowest BCUT2D eigenvalue weighted by atomic mass is 9.84. The summed E-state index contributed by atoms with van der Waals surface area (Å²) in [5.41, 5.74) is 1.74. The second-order valence-electron chi connectivity index (χ2n) is 6.35. The van der Waals surface area contributed by atoms with Crippen LogP contribution in [0.2, 0.25) is 0 Å². The number of pyridine rings is 1. The number of likely N-dealkylation sites (tertiary alicyclic amines) is 1. The largest absolute Gasteiger partial charge is 0.338 e. The van der Waals surface area contributed by atoms with Crippen LogP contribution in [0.3, 0.4) is 0 Å². The lowest BCUT2D eigenvalue weighted by Crippen LogP contribution is -2.44. The van der Waals surface area contributed by atoms with Crippen molar-refractivity contribution in [3.63, 3.8) is 0 Å². The van der Waals surface area contributed by atoms with Gasteiger partial charge in [-0.05, 0) is 48.7 Å². The molecule has 1 aliphatic heterocycles. The molecule has 6 heteroatoms. The third kappa shape index (κ3) is 3.68. The molecule has 2 heterocycles. The third-order valence-corrected chi connectivity index (χ3v) is 4.58. The molecule has 1 fully saturated rings. The monoisotopic (exact) mass is 341 g/mol. The molecule has 0 spiro atoms. The van der Waals surface area contributed by atoms with Gasteiger partial charge in [-0.15, -0.1) is 0 Å². The zero-order chi connectivity index (χ0) is 18.0. The van der Waals surface area contributed by atoms with Crippen molar-refractivity contribution in [2.75, 3.05) is 12.4 Å². The number of carbonyl (C=O) groups is 2. The molecule has 0 aliphatic carbocycles. The summed E-state index contributed by atoms with van der Waals surface area (Å²) in [6.45, 7) is 1.92. The molecule has 1 aromatic heterocycles. The highest BCUT2D eigenvalue weighted by Crippen LogP contribution is 2.36. The van der Waals surface area contributed by atoms with Crippen LogP contribution in [0.25, 0.3) is 0 Å². The molecule has 25 heavy (non-hydrogen) atoms. The highest BCUT2D eigenvalue weighted by Gasteiger charge is 2.38. The second kappa shape index (κ2) is 7.01. The molecule has 2 amide bonds. The number of nitrogens with one attached hydrogen (secondary N) is 1. The minimum Gasteiger partial charge on any atom is -0.338 e. The van der Waals surface area contributed by atoms with Crippen molar-refractivity contribution in [1.82, 2.24) is 9.88 Å². The second-order valence-corrected chi connectivity index (χ2v) is 6.35. The lowest BCUT2D eigenvalue weighted by Gasteiger charge is -2.38. The van der Waals surface area contributed by atoms with Gasteiger partial charge < -0.3 is 10.2 Å². The van der Waals surface area contributed by atoms with E-state index in [9.17, 15) is 14.0 Å². The van der Waals surface area contributed by atoms with Crippen molar-refractivity contribution in [3.05, 3.63) is 59.5 Å². The first-order chi connectivity index (χ1) is 12.0. The van der Waals surface area contributed by atoms with Crippen molar-refractivity contribution in [3.8, 4) is 0 Å². The Balaban J connectivity index is 1.87. The van der Waals surface area contributed by atoms with Crippen LogP contribution >= 0.6 is 0 Å². The van der Waals surface area contributed by atoms with Gasteiger partial charge in [0.2, 0.25) is 11.8 Å². The molecule has 0 unspecified atom stereocenters. The maximum absolute atomic E-state index is 13.2. The molecule has 5 nitrogen and oxygen atoms in total. The van der Waals surface area contributed by atoms with Crippen LogP contribution in [0.4, 0.5) is 10.2 Å². The van der Waals surface area contributed by atoms with Crippen molar-refractivity contribution in [1.29, 1.82) is 0 Å². The summed E-state index contributed by atoms with van der Waals surface area (Å²) in [4.78, 5) is 30.7. The maximum Gasteiger partial charge on any atom is 0.231 e. The molecule has 0 bridgehead atoms. The van der Waals surface area contributed by atoms with Crippen molar-refractivity contribution in [2.45, 2.75) is 25.8 Å². The van der Waals surface area contributed by atoms with Crippen LogP contribution in [0.1, 0.15) is 30.0 Å². The van der Waals surface area contributed by atoms with E-state index in [-0.39, 0.29) is 17.6 Å². The molecular weight excluding hydrogens is 321 g/mol. The van der Waals surface area contributed by atoms with Crippen molar-refractivity contribution in [2.24, 2.45) is 5.92 Å². The van der Waals surface area contributed by atoms with Crippen molar-refractivity contribution < 1.29 is 14.0 Å². The van der Waals surface area contributed by atoms with E-state index < -0.39 is 12.0 Å². The van der Waals surface area contributed by atoms with Gasteiger partial charge in [0, 0.05) is 19.7 Å². The number of piperidine rings is 1. The van der Waals surface area contributed by atoms with Gasteiger partial charge in [-0.2, -0.15) is 0 Å². The number of hydrogen-bond acceptors (Lipinski definition) is 3. The number of aromatic nitrogens is 1. The number of anilines is 1. The van der Waals surface area contributed by atoms with Gasteiger partial charge in [0.25, 0.3) is 0 Å². The first-order valence-electron chi connectivity index (χ1n) is 8.20. The fourth-order valence-corrected chi connectivity index (χ4v) is 3.25. The number of carbonyl (C=O) groups excluding carboxylic acids is 2. The Hall–Kier alpha value is -2.76. The first-order valence-corrected chi connectivity index (χ1v) is 8.20. The van der Waals surface area contributed by atoms with Crippen LogP contribution < -0.4 is 5.32 Å². The molecule has 1 saturated heterocycles. The summed E-state index contributed by atoms with van der Waals surface area (Å²) >= 11 is 0. The molecule has 0 radical (unpaired) electrons. The van der Waals surface area contributed by atoms with Gasteiger partial charge in [0.1, 0.15) is 11.6 Å². The molecule has 130 valence electrons. The average Bonchev–Trinajstić information content (AvgIpc) is 2.58. The van der Waals surface area contributed by atoms with Crippen LogP contribution in [0.15, 0.2) is 42.6 Å². The molecule has 3 rings (SSSR count). The zero-order valence-electron chi connectivity index (χ0n) is 14.2. The smallest absolute Gasteiger partial charge is 0.231 e. The number of nitrogens with zero attached hydrogens (tertiary/aromatic N) is 2. The van der Waals surface area contributed by atoms with E-state index in [0.29, 0.717) is 18.7 Å².